The number of nitrogens with zero attached hydrogens (tertiary/aromatic N) is 1. The van der Waals surface area contributed by atoms with Gasteiger partial charge in [0.2, 0.25) is 0 Å². The van der Waals surface area contributed by atoms with Gasteiger partial charge in [0.15, 0.2) is 9.84 Å². The van der Waals surface area contributed by atoms with Gasteiger partial charge in [-0.3, -0.25) is 4.79 Å². The molecular formula is C20H23NO4S. The van der Waals surface area contributed by atoms with Crippen molar-refractivity contribution in [3.8, 4) is 5.75 Å². The van der Waals surface area contributed by atoms with Crippen LogP contribution in [0.4, 0.5) is 5.69 Å². The van der Waals surface area contributed by atoms with Gasteiger partial charge >= 0.3 is 0 Å². The Morgan fingerprint density at radius 3 is 2.12 bits per heavy atom. The predicted octanol–water partition coefficient (Wildman–Crippen LogP) is 3.54. The van der Waals surface area contributed by atoms with E-state index >= 15 is 0 Å². The van der Waals surface area contributed by atoms with E-state index in [2.05, 4.69) is 6.92 Å². The molecular weight excluding hydrogens is 350 g/mol. The minimum Gasteiger partial charge on any atom is -0.497 e. The third kappa shape index (κ3) is 3.90. The number of anilines is 1. The highest BCUT2D eigenvalue weighted by Gasteiger charge is 2.35. The van der Waals surface area contributed by atoms with Crippen molar-refractivity contribution in [1.82, 2.24) is 0 Å². The maximum absolute atomic E-state index is 13.2. The molecule has 1 saturated carbocycles. The molecule has 1 aliphatic rings. The van der Waals surface area contributed by atoms with Crippen molar-refractivity contribution in [3.63, 3.8) is 0 Å². The first-order chi connectivity index (χ1) is 12.3. The molecule has 0 heterocycles. The first-order valence-electron chi connectivity index (χ1n) is 8.59. The number of benzene rings is 2. The number of carbonyl (C=O) groups is 1. The highest BCUT2D eigenvalue weighted by atomic mass is 32.2. The Labute approximate surface area is 154 Å². The fourth-order valence-electron chi connectivity index (χ4n) is 3.05. The van der Waals surface area contributed by atoms with E-state index in [0.717, 1.165) is 30.5 Å². The fourth-order valence-corrected chi connectivity index (χ4v) is 3.68. The minimum absolute atomic E-state index is 0.0745. The van der Waals surface area contributed by atoms with Crippen LogP contribution in [0.3, 0.4) is 0 Å². The van der Waals surface area contributed by atoms with Crippen LogP contribution in [-0.4, -0.2) is 33.7 Å². The molecule has 0 aliphatic heterocycles. The summed E-state index contributed by atoms with van der Waals surface area (Å²) in [5, 5.41) is 0. The molecule has 1 fully saturated rings. The SMILES string of the molecule is COc1ccc(N(C(=O)c2ccc(S(C)(=O)=O)cc2)[C@H](C)C2CC2)cc1. The lowest BCUT2D eigenvalue weighted by Crippen LogP contribution is -2.40. The molecule has 6 heteroatoms. The van der Waals surface area contributed by atoms with E-state index in [0.29, 0.717) is 11.5 Å². The molecule has 1 amide bonds. The molecule has 26 heavy (non-hydrogen) atoms. The van der Waals surface area contributed by atoms with Gasteiger partial charge in [-0.25, -0.2) is 8.42 Å². The van der Waals surface area contributed by atoms with Crippen LogP contribution < -0.4 is 9.64 Å². The van der Waals surface area contributed by atoms with E-state index in [9.17, 15) is 13.2 Å². The summed E-state index contributed by atoms with van der Waals surface area (Å²) in [5.74, 6) is 1.10. The molecule has 5 nitrogen and oxygen atoms in total. The zero-order valence-electron chi connectivity index (χ0n) is 15.2. The summed E-state index contributed by atoms with van der Waals surface area (Å²) >= 11 is 0. The Morgan fingerprint density at radius 1 is 1.08 bits per heavy atom. The van der Waals surface area contributed by atoms with Gasteiger partial charge in [-0.1, -0.05) is 0 Å². The molecule has 0 saturated heterocycles. The third-order valence-corrected chi connectivity index (χ3v) is 5.94. The third-order valence-electron chi connectivity index (χ3n) is 4.81. The Hall–Kier alpha value is -2.34. The lowest BCUT2D eigenvalue weighted by Gasteiger charge is -2.30. The highest BCUT2D eigenvalue weighted by Crippen LogP contribution is 2.38. The first kappa shape index (κ1) is 18.5. The van der Waals surface area contributed by atoms with Crippen LogP contribution in [0.25, 0.3) is 0 Å². The summed E-state index contributed by atoms with van der Waals surface area (Å²) in [6.07, 6.45) is 3.39. The van der Waals surface area contributed by atoms with Crippen molar-refractivity contribution in [1.29, 1.82) is 0 Å². The maximum Gasteiger partial charge on any atom is 0.258 e. The largest absolute Gasteiger partial charge is 0.497 e. The molecule has 1 atom stereocenters. The number of methoxy groups -OCH3 is 1. The van der Waals surface area contributed by atoms with E-state index < -0.39 is 9.84 Å². The number of ether oxygens (including phenoxy) is 1. The molecule has 0 unspecified atom stereocenters. The summed E-state index contributed by atoms with van der Waals surface area (Å²) in [7, 11) is -1.68. The predicted molar refractivity (Wildman–Crippen MR) is 102 cm³/mol. The van der Waals surface area contributed by atoms with Crippen molar-refractivity contribution >= 4 is 21.4 Å². The number of hydrogen-bond acceptors (Lipinski definition) is 4. The van der Waals surface area contributed by atoms with Crippen LogP contribution in [0.2, 0.25) is 0 Å². The average Bonchev–Trinajstić information content (AvgIpc) is 3.47. The second-order valence-corrected chi connectivity index (χ2v) is 8.76. The van der Waals surface area contributed by atoms with Crippen LogP contribution in [0.5, 0.6) is 5.75 Å². The zero-order valence-corrected chi connectivity index (χ0v) is 16.0. The van der Waals surface area contributed by atoms with Crippen LogP contribution >= 0.6 is 0 Å². The molecule has 2 aromatic rings. The van der Waals surface area contributed by atoms with E-state index in [1.54, 1.807) is 24.1 Å². The number of hydrogen-bond donors (Lipinski definition) is 0. The van der Waals surface area contributed by atoms with Crippen molar-refractivity contribution in [3.05, 3.63) is 54.1 Å². The van der Waals surface area contributed by atoms with Crippen LogP contribution in [-0.2, 0) is 9.84 Å². The normalized spacial score (nSPS) is 15.3. The summed E-state index contributed by atoms with van der Waals surface area (Å²) in [6, 6.07) is 13.6. The van der Waals surface area contributed by atoms with Gasteiger partial charge in [-0.05, 0) is 74.2 Å². The molecule has 1 aliphatic carbocycles. The van der Waals surface area contributed by atoms with E-state index in [4.69, 9.17) is 4.74 Å². The number of sulfone groups is 1. The maximum atomic E-state index is 13.2. The van der Waals surface area contributed by atoms with Crippen molar-refractivity contribution < 1.29 is 17.9 Å². The van der Waals surface area contributed by atoms with Gasteiger partial charge in [0.05, 0.1) is 12.0 Å². The van der Waals surface area contributed by atoms with Gasteiger partial charge in [-0.15, -0.1) is 0 Å². The summed E-state index contributed by atoms with van der Waals surface area (Å²) < 4.78 is 28.5. The van der Waals surface area contributed by atoms with Crippen molar-refractivity contribution in [2.75, 3.05) is 18.3 Å². The second kappa shape index (κ2) is 7.11. The van der Waals surface area contributed by atoms with Gasteiger partial charge in [0, 0.05) is 23.5 Å². The molecule has 3 rings (SSSR count). The molecule has 0 radical (unpaired) electrons. The Kier molecular flexibility index (Phi) is 5.05. The zero-order chi connectivity index (χ0) is 18.9. The molecule has 0 N–H and O–H groups in total. The van der Waals surface area contributed by atoms with Crippen LogP contribution in [0.15, 0.2) is 53.4 Å². The standard InChI is InChI=1S/C20H23NO4S/c1-14(15-4-5-15)21(17-8-10-18(25-2)11-9-17)20(22)16-6-12-19(13-7-16)26(3,23)24/h6-15H,4-5H2,1-3H3/t14-/m1/s1. The monoisotopic (exact) mass is 373 g/mol. The molecule has 2 aromatic carbocycles. The van der Waals surface area contributed by atoms with E-state index in [1.165, 1.54) is 12.1 Å². The molecule has 138 valence electrons. The lowest BCUT2D eigenvalue weighted by atomic mass is 10.1. The molecule has 0 spiro atoms. The number of rotatable bonds is 6. The Bertz CT molecular complexity index is 884. The van der Waals surface area contributed by atoms with Gasteiger partial charge in [0.25, 0.3) is 5.91 Å². The first-order valence-corrected chi connectivity index (χ1v) is 10.5. The van der Waals surface area contributed by atoms with Gasteiger partial charge < -0.3 is 9.64 Å². The van der Waals surface area contributed by atoms with Crippen LogP contribution in [0, 0.1) is 5.92 Å². The topological polar surface area (TPSA) is 63.7 Å². The smallest absolute Gasteiger partial charge is 0.258 e. The van der Waals surface area contributed by atoms with Crippen LogP contribution in [0.1, 0.15) is 30.1 Å². The highest BCUT2D eigenvalue weighted by molar-refractivity contribution is 7.90. The van der Waals surface area contributed by atoms with E-state index in [-0.39, 0.29) is 16.8 Å². The van der Waals surface area contributed by atoms with Crippen molar-refractivity contribution in [2.45, 2.75) is 30.7 Å². The average molecular weight is 373 g/mol. The Balaban J connectivity index is 1.94. The summed E-state index contributed by atoms with van der Waals surface area (Å²) in [5.41, 5.74) is 1.28. The van der Waals surface area contributed by atoms with Crippen molar-refractivity contribution in [2.24, 2.45) is 5.92 Å². The fraction of sp³-hybridized carbons (Fsp3) is 0.350. The number of carbonyl (C=O) groups excluding carboxylic acids is 1. The second-order valence-electron chi connectivity index (χ2n) is 6.75. The van der Waals surface area contributed by atoms with E-state index in [1.807, 2.05) is 24.3 Å². The minimum atomic E-state index is -3.28. The summed E-state index contributed by atoms with van der Waals surface area (Å²) in [6.45, 7) is 2.06. The number of amides is 1. The summed E-state index contributed by atoms with van der Waals surface area (Å²) in [4.78, 5) is 15.2. The Morgan fingerprint density at radius 2 is 1.65 bits per heavy atom. The quantitative estimate of drug-likeness (QED) is 0.777. The van der Waals surface area contributed by atoms with Gasteiger partial charge in [-0.2, -0.15) is 0 Å². The molecule has 0 bridgehead atoms. The van der Waals surface area contributed by atoms with Gasteiger partial charge in [0.1, 0.15) is 5.75 Å². The lowest BCUT2D eigenvalue weighted by molar-refractivity contribution is 0.0975. The molecule has 0 aromatic heterocycles.